The van der Waals surface area contributed by atoms with Crippen molar-refractivity contribution in [1.29, 1.82) is 0 Å². The normalized spacial score (nSPS) is 17.4. The Morgan fingerprint density at radius 1 is 1.21 bits per heavy atom. The van der Waals surface area contributed by atoms with Gasteiger partial charge in [-0.15, -0.1) is 0 Å². The highest BCUT2D eigenvalue weighted by atomic mass is 32.2. The zero-order chi connectivity index (χ0) is 17.6. The molecule has 2 N–H and O–H groups in total. The van der Waals surface area contributed by atoms with Crippen LogP contribution in [0.15, 0.2) is 29.2 Å². The third-order valence-corrected chi connectivity index (χ3v) is 6.32. The number of nitrogens with zero attached hydrogens (tertiary/aromatic N) is 1. The number of amides is 1. The maximum absolute atomic E-state index is 12.9. The monoisotopic (exact) mass is 353 g/mol. The van der Waals surface area contributed by atoms with Gasteiger partial charge >= 0.3 is 0 Å². The van der Waals surface area contributed by atoms with Gasteiger partial charge in [0.2, 0.25) is 15.9 Å². The molecule has 24 heavy (non-hydrogen) atoms. The Kier molecular flexibility index (Phi) is 6.77. The van der Waals surface area contributed by atoms with Crippen LogP contribution in [-0.4, -0.2) is 45.3 Å². The molecule has 0 aliphatic carbocycles. The molecule has 1 saturated heterocycles. The maximum atomic E-state index is 12.9. The molecule has 134 valence electrons. The van der Waals surface area contributed by atoms with Crippen LogP contribution in [0.3, 0.4) is 0 Å². The van der Waals surface area contributed by atoms with Crippen molar-refractivity contribution in [3.63, 3.8) is 0 Å². The summed E-state index contributed by atoms with van der Waals surface area (Å²) in [5, 5.41) is 5.80. The Bertz CT molecular complexity index is 655. The lowest BCUT2D eigenvalue weighted by atomic mass is 10.1. The Hall–Kier alpha value is -1.44. The third-order valence-electron chi connectivity index (χ3n) is 4.32. The van der Waals surface area contributed by atoms with Gasteiger partial charge in [0.15, 0.2) is 0 Å². The largest absolute Gasteiger partial charge is 0.352 e. The predicted octanol–water partition coefficient (Wildman–Crippen LogP) is 1.33. The first-order chi connectivity index (χ1) is 11.5. The maximum Gasteiger partial charge on any atom is 0.243 e. The summed E-state index contributed by atoms with van der Waals surface area (Å²) in [7, 11) is -1.71. The van der Waals surface area contributed by atoms with Gasteiger partial charge in [0.1, 0.15) is 0 Å². The van der Waals surface area contributed by atoms with E-state index in [-0.39, 0.29) is 18.4 Å². The van der Waals surface area contributed by atoms with Crippen molar-refractivity contribution in [3.05, 3.63) is 29.8 Å². The molecule has 0 bridgehead atoms. The Morgan fingerprint density at radius 2 is 1.88 bits per heavy atom. The zero-order valence-electron chi connectivity index (χ0n) is 14.4. The molecule has 0 spiro atoms. The number of hydrogen-bond acceptors (Lipinski definition) is 4. The lowest BCUT2D eigenvalue weighted by molar-refractivity contribution is -0.124. The van der Waals surface area contributed by atoms with Crippen LogP contribution in [-0.2, 0) is 21.4 Å². The average molecular weight is 353 g/mol. The quantitative estimate of drug-likeness (QED) is 0.775. The summed E-state index contributed by atoms with van der Waals surface area (Å²) in [5.74, 6) is -0.254. The molecule has 2 rings (SSSR count). The summed E-state index contributed by atoms with van der Waals surface area (Å²) in [4.78, 5) is 12.4. The molecule has 1 aromatic rings. The van der Waals surface area contributed by atoms with Crippen LogP contribution in [0, 0.1) is 5.92 Å². The molecule has 1 aromatic carbocycles. The number of carbonyl (C=O) groups is 1. The van der Waals surface area contributed by atoms with Crippen LogP contribution in [0.1, 0.15) is 31.7 Å². The second-order valence-electron chi connectivity index (χ2n) is 6.25. The van der Waals surface area contributed by atoms with E-state index in [1.54, 1.807) is 35.6 Å². The predicted molar refractivity (Wildman–Crippen MR) is 94.0 cm³/mol. The van der Waals surface area contributed by atoms with Gasteiger partial charge in [0, 0.05) is 32.1 Å². The number of piperidine rings is 1. The minimum Gasteiger partial charge on any atom is -0.352 e. The van der Waals surface area contributed by atoms with Gasteiger partial charge in [-0.05, 0) is 31.5 Å². The van der Waals surface area contributed by atoms with E-state index in [1.807, 2.05) is 6.92 Å². The van der Waals surface area contributed by atoms with Crippen molar-refractivity contribution in [3.8, 4) is 0 Å². The smallest absolute Gasteiger partial charge is 0.243 e. The summed E-state index contributed by atoms with van der Waals surface area (Å²) in [6.07, 6.45) is 2.88. The van der Waals surface area contributed by atoms with E-state index in [0.717, 1.165) is 19.3 Å². The summed E-state index contributed by atoms with van der Waals surface area (Å²) in [6.45, 7) is 3.78. The molecule has 1 heterocycles. The molecule has 1 amide bonds. The molecule has 1 atom stereocenters. The van der Waals surface area contributed by atoms with E-state index < -0.39 is 10.0 Å². The second kappa shape index (κ2) is 8.60. The minimum atomic E-state index is -3.50. The fraction of sp³-hybridized carbons (Fsp3) is 0.588. The van der Waals surface area contributed by atoms with Gasteiger partial charge in [0.25, 0.3) is 0 Å². The van der Waals surface area contributed by atoms with Crippen molar-refractivity contribution in [1.82, 2.24) is 14.9 Å². The molecule has 0 aromatic heterocycles. The third kappa shape index (κ3) is 4.55. The lowest BCUT2D eigenvalue weighted by Crippen LogP contribution is -2.37. The average Bonchev–Trinajstić information content (AvgIpc) is 2.60. The van der Waals surface area contributed by atoms with Crippen LogP contribution >= 0.6 is 0 Å². The molecular weight excluding hydrogens is 326 g/mol. The highest BCUT2D eigenvalue weighted by Crippen LogP contribution is 2.23. The topological polar surface area (TPSA) is 78.5 Å². The fourth-order valence-corrected chi connectivity index (χ4v) is 4.64. The molecule has 1 aliphatic heterocycles. The molecule has 0 radical (unpaired) electrons. The fourth-order valence-electron chi connectivity index (χ4n) is 2.90. The van der Waals surface area contributed by atoms with E-state index in [9.17, 15) is 13.2 Å². The van der Waals surface area contributed by atoms with Gasteiger partial charge in [-0.2, -0.15) is 4.31 Å². The van der Waals surface area contributed by atoms with Gasteiger partial charge < -0.3 is 10.6 Å². The number of benzene rings is 1. The lowest BCUT2D eigenvalue weighted by Gasteiger charge is -2.27. The highest BCUT2D eigenvalue weighted by Gasteiger charge is 2.28. The van der Waals surface area contributed by atoms with Crippen molar-refractivity contribution in [2.24, 2.45) is 5.92 Å². The van der Waals surface area contributed by atoms with Crippen molar-refractivity contribution in [2.45, 2.75) is 37.6 Å². The summed E-state index contributed by atoms with van der Waals surface area (Å²) < 4.78 is 27.3. The SMILES string of the molecule is CNCC(C)C(=O)NCc1ccccc1S(=O)(=O)N1CCCCC1. The van der Waals surface area contributed by atoms with E-state index in [4.69, 9.17) is 0 Å². The van der Waals surface area contributed by atoms with Crippen molar-refractivity contribution >= 4 is 15.9 Å². The number of carbonyl (C=O) groups excluding carboxylic acids is 1. The summed E-state index contributed by atoms with van der Waals surface area (Å²) in [5.41, 5.74) is 0.632. The first kappa shape index (κ1) is 18.9. The van der Waals surface area contributed by atoms with E-state index >= 15 is 0 Å². The summed E-state index contributed by atoms with van der Waals surface area (Å²) in [6, 6.07) is 6.92. The molecule has 1 unspecified atom stereocenters. The van der Waals surface area contributed by atoms with Gasteiger partial charge in [-0.25, -0.2) is 8.42 Å². The molecule has 7 heteroatoms. The van der Waals surface area contributed by atoms with Crippen LogP contribution in [0.4, 0.5) is 0 Å². The van der Waals surface area contributed by atoms with Crippen molar-refractivity contribution < 1.29 is 13.2 Å². The van der Waals surface area contributed by atoms with Crippen LogP contribution in [0.5, 0.6) is 0 Å². The molecular formula is C17H27N3O3S. The first-order valence-electron chi connectivity index (χ1n) is 8.47. The minimum absolute atomic E-state index is 0.0884. The van der Waals surface area contributed by atoms with Gasteiger partial charge in [0.05, 0.1) is 4.90 Å². The van der Waals surface area contributed by atoms with Crippen molar-refractivity contribution in [2.75, 3.05) is 26.7 Å². The van der Waals surface area contributed by atoms with Crippen LogP contribution in [0.2, 0.25) is 0 Å². The van der Waals surface area contributed by atoms with Crippen LogP contribution in [0.25, 0.3) is 0 Å². The second-order valence-corrected chi connectivity index (χ2v) is 8.16. The number of hydrogen-bond donors (Lipinski definition) is 2. The zero-order valence-corrected chi connectivity index (χ0v) is 15.2. The van der Waals surface area contributed by atoms with E-state index in [2.05, 4.69) is 10.6 Å². The molecule has 6 nitrogen and oxygen atoms in total. The number of sulfonamides is 1. The molecule has 0 saturated carbocycles. The Labute approximate surface area is 144 Å². The Morgan fingerprint density at radius 3 is 2.54 bits per heavy atom. The Balaban J connectivity index is 2.13. The number of rotatable bonds is 7. The molecule has 1 aliphatic rings. The van der Waals surface area contributed by atoms with Crippen LogP contribution < -0.4 is 10.6 Å². The standard InChI is InChI=1S/C17H27N3O3S/c1-14(12-18-2)17(21)19-13-15-8-4-5-9-16(15)24(22,23)20-10-6-3-7-11-20/h4-5,8-9,14,18H,3,6-7,10-13H2,1-2H3,(H,19,21). The highest BCUT2D eigenvalue weighted by molar-refractivity contribution is 7.89. The van der Waals surface area contributed by atoms with E-state index in [0.29, 0.717) is 30.1 Å². The summed E-state index contributed by atoms with van der Waals surface area (Å²) >= 11 is 0. The van der Waals surface area contributed by atoms with E-state index in [1.165, 1.54) is 0 Å². The van der Waals surface area contributed by atoms with Gasteiger partial charge in [-0.3, -0.25) is 4.79 Å². The first-order valence-corrected chi connectivity index (χ1v) is 9.91. The molecule has 1 fully saturated rings. The number of nitrogens with one attached hydrogen (secondary N) is 2. The van der Waals surface area contributed by atoms with Gasteiger partial charge in [-0.1, -0.05) is 31.5 Å².